The molecule has 0 bridgehead atoms. The van der Waals surface area contributed by atoms with Crippen LogP contribution in [0.2, 0.25) is 13.1 Å². The molecule has 4 atom stereocenters. The Balaban J connectivity index is 1.55. The summed E-state index contributed by atoms with van der Waals surface area (Å²) in [7, 11) is 0. The molecular weight excluding hydrogens is 783 g/mol. The molecule has 0 aromatic heterocycles. The molecule has 2 aliphatic carbocycles. The fourth-order valence-corrected chi connectivity index (χ4v) is 41.8. The van der Waals surface area contributed by atoms with E-state index in [1.165, 1.54) is 46.2 Å². The number of hydrogen-bond acceptors (Lipinski definition) is 0. The molecule has 0 saturated carbocycles. The molecule has 0 nitrogen and oxygen atoms in total. The molecule has 4 aromatic rings. The summed E-state index contributed by atoms with van der Waals surface area (Å²) in [5.74, 6) is 1.47. The van der Waals surface area contributed by atoms with Crippen molar-refractivity contribution in [1.82, 2.24) is 0 Å². The molecule has 4 unspecified atom stereocenters. The molecule has 0 aliphatic heterocycles. The zero-order chi connectivity index (χ0) is 35.7. The average Bonchev–Trinajstić information content (AvgIpc) is 3.67. The maximum atomic E-state index is 2.74. The first kappa shape index (κ1) is 37.2. The van der Waals surface area contributed by atoms with Gasteiger partial charge in [-0.15, -0.1) is 0 Å². The minimum atomic E-state index is -2.53. The van der Waals surface area contributed by atoms with E-state index in [0.29, 0.717) is 31.0 Å². The number of allylic oxidation sites excluding steroid dienone is 2. The van der Waals surface area contributed by atoms with E-state index in [9.17, 15) is 0 Å². The number of fused-ring (bicyclic) bond motifs is 2. The Morgan fingerprint density at radius 3 is 1.26 bits per heavy atom. The predicted molar refractivity (Wildman–Crippen MR) is 220 cm³/mol. The van der Waals surface area contributed by atoms with Gasteiger partial charge < -0.3 is 0 Å². The molecule has 0 fully saturated rings. The van der Waals surface area contributed by atoms with Crippen molar-refractivity contribution in [3.8, 4) is 22.3 Å². The third-order valence-electron chi connectivity index (χ3n) is 11.8. The number of benzene rings is 4. The SMILES string of the molecule is CCC(C)C1=Cc2c(-c3ccccc3CC(C)C)cccc2[CH]1[Hf]([CH]1C(C(C)CC)=Cc2c(-c3ccccc3CC(C)C)cccc21)[SiH](C)C. The van der Waals surface area contributed by atoms with E-state index in [1.54, 1.807) is 33.4 Å². The molecule has 0 saturated heterocycles. The molecule has 0 radical (unpaired) electrons. The summed E-state index contributed by atoms with van der Waals surface area (Å²) in [6.07, 6.45) is 10.1. The van der Waals surface area contributed by atoms with Crippen LogP contribution in [-0.2, 0) is 33.4 Å². The Kier molecular flexibility index (Phi) is 11.9. The van der Waals surface area contributed by atoms with Crippen LogP contribution in [0, 0.1) is 23.7 Å². The molecule has 0 amide bonds. The third kappa shape index (κ3) is 7.23. The first-order valence-corrected chi connectivity index (χ1v) is 33.0. The zero-order valence-corrected chi connectivity index (χ0v) is 37.4. The molecule has 4 aromatic carbocycles. The van der Waals surface area contributed by atoms with E-state index in [2.05, 4.69) is 166 Å². The van der Waals surface area contributed by atoms with Gasteiger partial charge in [0.05, 0.1) is 0 Å². The summed E-state index contributed by atoms with van der Waals surface area (Å²) in [5.41, 5.74) is 18.8. The Hall–Kier alpha value is -2.55. The number of rotatable bonds is 13. The van der Waals surface area contributed by atoms with Crippen LogP contribution in [0.5, 0.6) is 0 Å². The van der Waals surface area contributed by atoms with E-state index >= 15 is 0 Å². The van der Waals surface area contributed by atoms with Gasteiger partial charge in [0, 0.05) is 0 Å². The normalized spacial score (nSPS) is 17.9. The number of hydrogen-bond donors (Lipinski definition) is 0. The van der Waals surface area contributed by atoms with Crippen LogP contribution in [0.4, 0.5) is 0 Å². The summed E-state index contributed by atoms with van der Waals surface area (Å²) in [6.45, 7) is 24.8. The van der Waals surface area contributed by atoms with Crippen LogP contribution in [0.1, 0.15) is 109 Å². The third-order valence-corrected chi connectivity index (χ3v) is 42.3. The quantitative estimate of drug-likeness (QED) is 0.118. The van der Waals surface area contributed by atoms with Crippen LogP contribution < -0.4 is 0 Å². The van der Waals surface area contributed by atoms with Crippen molar-refractivity contribution in [2.45, 2.75) is 102 Å². The standard InChI is InChI=1S/2C23H27.C2H7Si.Hf/c2*1-5-17(4)20-14-19-10-8-12-22(23(19)15-20)21-11-7-6-9-18(21)13-16(2)3;1-3-2;/h2*6-12,14-17H,5,13H2,1-4H3;3H,1-2H3;. The molecule has 0 N–H and O–H groups in total. The van der Waals surface area contributed by atoms with E-state index in [1.807, 2.05) is 0 Å². The molecule has 0 spiro atoms. The zero-order valence-electron chi connectivity index (χ0n) is 32.6. The van der Waals surface area contributed by atoms with Gasteiger partial charge in [-0.2, -0.15) is 0 Å². The molecule has 6 rings (SSSR count). The van der Waals surface area contributed by atoms with Crippen molar-refractivity contribution in [2.75, 3.05) is 0 Å². The molecule has 50 heavy (non-hydrogen) atoms. The average molecular weight is 845 g/mol. The second-order valence-electron chi connectivity index (χ2n) is 16.6. The fraction of sp³-hybridized carbons (Fsp3) is 0.417. The summed E-state index contributed by atoms with van der Waals surface area (Å²) >= 11 is -2.53. The van der Waals surface area contributed by atoms with Gasteiger partial charge in [0.15, 0.2) is 0 Å². The van der Waals surface area contributed by atoms with Crippen LogP contribution in [0.25, 0.3) is 34.4 Å². The van der Waals surface area contributed by atoms with Crippen molar-refractivity contribution in [3.05, 3.63) is 129 Å². The van der Waals surface area contributed by atoms with E-state index in [4.69, 9.17) is 0 Å². The van der Waals surface area contributed by atoms with Crippen LogP contribution in [0.3, 0.4) is 0 Å². The first-order chi connectivity index (χ1) is 24.0. The summed E-state index contributed by atoms with van der Waals surface area (Å²) < 4.78 is 1.32. The van der Waals surface area contributed by atoms with E-state index in [0.717, 1.165) is 12.8 Å². The Morgan fingerprint density at radius 1 is 0.520 bits per heavy atom. The minimum absolute atomic E-state index is 0.602. The van der Waals surface area contributed by atoms with Crippen molar-refractivity contribution in [2.24, 2.45) is 23.7 Å². The Morgan fingerprint density at radius 2 is 0.900 bits per heavy atom. The summed E-state index contributed by atoms with van der Waals surface area (Å²) in [5, 5.41) is 0. The summed E-state index contributed by atoms with van der Waals surface area (Å²) in [6, 6.07) is 33.3. The van der Waals surface area contributed by atoms with Gasteiger partial charge in [0.2, 0.25) is 0 Å². The van der Waals surface area contributed by atoms with Crippen molar-refractivity contribution in [1.29, 1.82) is 0 Å². The molecule has 261 valence electrons. The van der Waals surface area contributed by atoms with Gasteiger partial charge in [-0.05, 0) is 0 Å². The van der Waals surface area contributed by atoms with Gasteiger partial charge in [0.25, 0.3) is 0 Å². The Bertz CT molecular complexity index is 1740. The summed E-state index contributed by atoms with van der Waals surface area (Å²) in [4.78, 5) is 0. The van der Waals surface area contributed by atoms with Crippen molar-refractivity contribution < 1.29 is 20.6 Å². The first-order valence-electron chi connectivity index (χ1n) is 19.8. The predicted octanol–water partition coefficient (Wildman–Crippen LogP) is 13.7. The van der Waals surface area contributed by atoms with Crippen LogP contribution in [-0.4, -0.2) is 5.98 Å². The van der Waals surface area contributed by atoms with Gasteiger partial charge in [0.1, 0.15) is 0 Å². The van der Waals surface area contributed by atoms with Crippen LogP contribution >= 0.6 is 0 Å². The van der Waals surface area contributed by atoms with Gasteiger partial charge in [-0.25, -0.2) is 0 Å². The second kappa shape index (κ2) is 16.0. The fourth-order valence-electron chi connectivity index (χ4n) is 9.02. The van der Waals surface area contributed by atoms with Gasteiger partial charge in [-0.3, -0.25) is 0 Å². The maximum absolute atomic E-state index is 2.74. The van der Waals surface area contributed by atoms with Crippen LogP contribution in [0.15, 0.2) is 96.1 Å². The van der Waals surface area contributed by atoms with Crippen molar-refractivity contribution in [3.63, 3.8) is 0 Å². The van der Waals surface area contributed by atoms with Gasteiger partial charge >= 0.3 is 316 Å². The second-order valence-corrected chi connectivity index (χ2v) is 44.5. The Labute approximate surface area is 313 Å². The van der Waals surface area contributed by atoms with E-state index in [-0.39, 0.29) is 0 Å². The van der Waals surface area contributed by atoms with Gasteiger partial charge in [-0.1, -0.05) is 0 Å². The molecule has 2 aliphatic rings. The van der Waals surface area contributed by atoms with E-state index < -0.39 is 26.6 Å². The molecule has 0 heterocycles. The monoisotopic (exact) mass is 845 g/mol. The van der Waals surface area contributed by atoms with Crippen molar-refractivity contribution >= 4 is 18.1 Å². The molecular formula is C48H61HfSi. The topological polar surface area (TPSA) is 0 Å². The molecule has 2 heteroatoms.